The van der Waals surface area contributed by atoms with E-state index in [2.05, 4.69) is 11.8 Å². The molecule has 0 aromatic heterocycles. The summed E-state index contributed by atoms with van der Waals surface area (Å²) in [6.07, 6.45) is 6.21. The van der Waals surface area contributed by atoms with Gasteiger partial charge in [-0.1, -0.05) is 24.1 Å². The van der Waals surface area contributed by atoms with Gasteiger partial charge in [0.15, 0.2) is 0 Å². The van der Waals surface area contributed by atoms with Crippen molar-refractivity contribution in [2.45, 2.75) is 6.42 Å². The molecule has 0 aliphatic heterocycles. The Kier molecular flexibility index (Phi) is 3.07. The number of allylic oxidation sites excluding steroid dienone is 4. The summed E-state index contributed by atoms with van der Waals surface area (Å²) in [7, 11) is 0. The number of Topliss-reactive ketones (excluding diaryl/α,β-unsaturated/α-hetero) is 1. The predicted octanol–water partition coefficient (Wildman–Crippen LogP) is 1.88. The summed E-state index contributed by atoms with van der Waals surface area (Å²) in [6.45, 7) is 0. The Morgan fingerprint density at radius 2 is 1.83 bits per heavy atom. The molecule has 4 nitrogen and oxygen atoms in total. The van der Waals surface area contributed by atoms with Crippen LogP contribution >= 0.6 is 0 Å². The fourth-order valence-corrected chi connectivity index (χ4v) is 1.57. The minimum Gasteiger partial charge on any atom is -0.508 e. The molecule has 0 bridgehead atoms. The summed E-state index contributed by atoms with van der Waals surface area (Å²) in [4.78, 5) is 11.7. The van der Waals surface area contributed by atoms with Gasteiger partial charge in [-0.15, -0.1) is 0 Å². The number of hydrogen-bond acceptors (Lipinski definition) is 4. The standard InChI is InChI=1S/C14H10O4/c15-10-7-12(17)14(13(18)8-10)11(16)6-5-9-3-1-2-4-9/h1-3,7-8,15,17-18H,4H2. The number of carbonyl (C=O) groups excluding carboxylic acids is 1. The Bertz CT molecular complexity index is 604. The molecule has 0 radical (unpaired) electrons. The number of benzene rings is 1. The molecule has 1 aromatic carbocycles. The molecule has 1 aliphatic carbocycles. The van der Waals surface area contributed by atoms with Crippen LogP contribution in [0.2, 0.25) is 0 Å². The van der Waals surface area contributed by atoms with Gasteiger partial charge in [0, 0.05) is 17.7 Å². The van der Waals surface area contributed by atoms with Crippen molar-refractivity contribution in [3.63, 3.8) is 0 Å². The lowest BCUT2D eigenvalue weighted by atomic mass is 10.1. The normalized spacial score (nSPS) is 12.8. The van der Waals surface area contributed by atoms with Crippen molar-refractivity contribution in [2.24, 2.45) is 0 Å². The van der Waals surface area contributed by atoms with Crippen molar-refractivity contribution in [1.29, 1.82) is 0 Å². The first-order valence-corrected chi connectivity index (χ1v) is 5.25. The van der Waals surface area contributed by atoms with E-state index in [9.17, 15) is 15.0 Å². The van der Waals surface area contributed by atoms with Crippen molar-refractivity contribution in [3.8, 4) is 29.1 Å². The Hall–Kier alpha value is -2.67. The minimum atomic E-state index is -0.696. The molecule has 1 aromatic rings. The van der Waals surface area contributed by atoms with Crippen LogP contribution in [-0.4, -0.2) is 21.1 Å². The first kappa shape index (κ1) is 11.8. The molecule has 0 saturated heterocycles. The first-order valence-electron chi connectivity index (χ1n) is 5.25. The lowest BCUT2D eigenvalue weighted by molar-refractivity contribution is 0.105. The van der Waals surface area contributed by atoms with Gasteiger partial charge in [-0.3, -0.25) is 4.79 Å². The van der Waals surface area contributed by atoms with Crippen LogP contribution in [0.5, 0.6) is 17.2 Å². The summed E-state index contributed by atoms with van der Waals surface area (Å²) >= 11 is 0. The topological polar surface area (TPSA) is 77.8 Å². The maximum atomic E-state index is 11.7. The number of carbonyl (C=O) groups is 1. The largest absolute Gasteiger partial charge is 0.508 e. The number of ketones is 1. The quantitative estimate of drug-likeness (QED) is 0.399. The zero-order valence-electron chi connectivity index (χ0n) is 9.34. The van der Waals surface area contributed by atoms with Gasteiger partial charge in [-0.25, -0.2) is 0 Å². The smallest absolute Gasteiger partial charge is 0.243 e. The molecule has 4 heteroatoms. The summed E-state index contributed by atoms with van der Waals surface area (Å²) in [5, 5.41) is 28.1. The molecular formula is C14H10O4. The van der Waals surface area contributed by atoms with Gasteiger partial charge in [0.25, 0.3) is 0 Å². The van der Waals surface area contributed by atoms with Gasteiger partial charge < -0.3 is 15.3 Å². The molecule has 0 spiro atoms. The Morgan fingerprint density at radius 3 is 2.39 bits per heavy atom. The number of hydrogen-bond donors (Lipinski definition) is 3. The monoisotopic (exact) mass is 242 g/mol. The molecule has 0 unspecified atom stereocenters. The zero-order valence-corrected chi connectivity index (χ0v) is 9.34. The molecular weight excluding hydrogens is 232 g/mol. The van der Waals surface area contributed by atoms with Gasteiger partial charge in [-0.05, 0) is 12.3 Å². The highest BCUT2D eigenvalue weighted by Crippen LogP contribution is 2.31. The van der Waals surface area contributed by atoms with E-state index in [0.717, 1.165) is 17.7 Å². The highest BCUT2D eigenvalue weighted by Gasteiger charge is 2.16. The number of phenolic OH excluding ortho intramolecular Hbond substituents is 3. The van der Waals surface area contributed by atoms with Crippen LogP contribution in [-0.2, 0) is 0 Å². The molecule has 2 rings (SSSR count). The number of rotatable bonds is 1. The molecule has 1 aliphatic rings. The minimum absolute atomic E-state index is 0.299. The average Bonchev–Trinajstić information content (AvgIpc) is 2.77. The summed E-state index contributed by atoms with van der Waals surface area (Å²) in [5.41, 5.74) is 0.493. The van der Waals surface area contributed by atoms with Gasteiger partial charge in [-0.2, -0.15) is 0 Å². The highest BCUT2D eigenvalue weighted by atomic mass is 16.3. The maximum absolute atomic E-state index is 11.7. The van der Waals surface area contributed by atoms with E-state index >= 15 is 0 Å². The van der Waals surface area contributed by atoms with E-state index < -0.39 is 17.3 Å². The van der Waals surface area contributed by atoms with Crippen LogP contribution < -0.4 is 0 Å². The van der Waals surface area contributed by atoms with E-state index in [0.29, 0.717) is 6.42 Å². The first-order chi connectivity index (χ1) is 8.58. The SMILES string of the molecule is O=C(C#CC1=CC=CC1)c1c(O)cc(O)cc1O. The van der Waals surface area contributed by atoms with Crippen LogP contribution in [0, 0.1) is 11.8 Å². The second kappa shape index (κ2) is 4.68. The van der Waals surface area contributed by atoms with E-state index in [1.54, 1.807) is 6.08 Å². The third-order valence-corrected chi connectivity index (χ3v) is 2.42. The molecule has 0 atom stereocenters. The van der Waals surface area contributed by atoms with Gasteiger partial charge >= 0.3 is 0 Å². The highest BCUT2D eigenvalue weighted by molar-refractivity contribution is 6.12. The lowest BCUT2D eigenvalue weighted by Crippen LogP contribution is -1.96. The maximum Gasteiger partial charge on any atom is 0.243 e. The molecule has 3 N–H and O–H groups in total. The van der Waals surface area contributed by atoms with Crippen molar-refractivity contribution < 1.29 is 20.1 Å². The van der Waals surface area contributed by atoms with Crippen molar-refractivity contribution in [1.82, 2.24) is 0 Å². The van der Waals surface area contributed by atoms with E-state index in [4.69, 9.17) is 5.11 Å². The van der Waals surface area contributed by atoms with Crippen LogP contribution in [0.3, 0.4) is 0 Å². The fourth-order valence-electron chi connectivity index (χ4n) is 1.57. The van der Waals surface area contributed by atoms with E-state index in [-0.39, 0.29) is 11.3 Å². The summed E-state index contributed by atoms with van der Waals surface area (Å²) in [5.74, 6) is 3.00. The fraction of sp³-hybridized carbons (Fsp3) is 0.0714. The van der Waals surface area contributed by atoms with Gasteiger partial charge in [0.1, 0.15) is 22.8 Å². The van der Waals surface area contributed by atoms with Crippen LogP contribution in [0.1, 0.15) is 16.8 Å². The molecule has 18 heavy (non-hydrogen) atoms. The van der Waals surface area contributed by atoms with Gasteiger partial charge in [0.2, 0.25) is 5.78 Å². The Labute approximate surface area is 104 Å². The van der Waals surface area contributed by atoms with Crippen LogP contribution in [0.15, 0.2) is 35.9 Å². The van der Waals surface area contributed by atoms with Crippen molar-refractivity contribution in [3.05, 3.63) is 41.5 Å². The molecule has 90 valence electrons. The van der Waals surface area contributed by atoms with Crippen LogP contribution in [0.4, 0.5) is 0 Å². The molecule has 0 heterocycles. The number of aromatic hydroxyl groups is 3. The average molecular weight is 242 g/mol. The summed E-state index contributed by atoms with van der Waals surface area (Å²) < 4.78 is 0. The van der Waals surface area contributed by atoms with Crippen molar-refractivity contribution in [2.75, 3.05) is 0 Å². The van der Waals surface area contributed by atoms with E-state index in [1.165, 1.54) is 0 Å². The van der Waals surface area contributed by atoms with Crippen molar-refractivity contribution >= 4 is 5.78 Å². The Balaban J connectivity index is 2.29. The lowest BCUT2D eigenvalue weighted by Gasteiger charge is -2.03. The van der Waals surface area contributed by atoms with Crippen LogP contribution in [0.25, 0.3) is 0 Å². The second-order valence-corrected chi connectivity index (χ2v) is 3.76. The van der Waals surface area contributed by atoms with E-state index in [1.807, 2.05) is 12.2 Å². The molecule has 0 amide bonds. The third kappa shape index (κ3) is 2.36. The second-order valence-electron chi connectivity index (χ2n) is 3.76. The molecule has 0 saturated carbocycles. The Morgan fingerprint density at radius 1 is 1.17 bits per heavy atom. The van der Waals surface area contributed by atoms with Gasteiger partial charge in [0.05, 0.1) is 0 Å². The third-order valence-electron chi connectivity index (χ3n) is 2.42. The predicted molar refractivity (Wildman–Crippen MR) is 65.4 cm³/mol. The summed E-state index contributed by atoms with van der Waals surface area (Å²) in [6, 6.07) is 1.95. The number of phenols is 3. The zero-order chi connectivity index (χ0) is 13.1. The molecule has 0 fully saturated rings.